The second-order valence-corrected chi connectivity index (χ2v) is 11.2. The molecule has 2 aromatic rings. The topological polar surface area (TPSA) is 47.1 Å². The molecule has 0 aromatic heterocycles. The predicted molar refractivity (Wildman–Crippen MR) is 141 cm³/mol. The molecule has 3 amide bonds. The van der Waals surface area contributed by atoms with Crippen molar-refractivity contribution in [3.05, 3.63) is 70.8 Å². The Morgan fingerprint density at radius 2 is 1.61 bits per heavy atom. The zero-order valence-corrected chi connectivity index (χ0v) is 21.4. The van der Waals surface area contributed by atoms with Crippen molar-refractivity contribution in [2.75, 3.05) is 26.7 Å². The van der Waals surface area contributed by atoms with Crippen LogP contribution in [0.1, 0.15) is 78.0 Å². The van der Waals surface area contributed by atoms with Crippen molar-refractivity contribution in [1.82, 2.24) is 19.6 Å². The number of amides is 3. The van der Waals surface area contributed by atoms with E-state index in [1.54, 1.807) is 4.90 Å². The fourth-order valence-electron chi connectivity index (χ4n) is 6.92. The Hall–Kier alpha value is -2.86. The summed E-state index contributed by atoms with van der Waals surface area (Å²) in [6.07, 6.45) is 8.13. The third-order valence-corrected chi connectivity index (χ3v) is 8.88. The second kappa shape index (κ2) is 9.89. The van der Waals surface area contributed by atoms with E-state index in [4.69, 9.17) is 0 Å². The minimum atomic E-state index is 0.128. The molecule has 4 aliphatic rings. The summed E-state index contributed by atoms with van der Waals surface area (Å²) in [6.45, 7) is 4.43. The molecule has 1 aliphatic carbocycles. The van der Waals surface area contributed by atoms with Crippen LogP contribution in [0.3, 0.4) is 0 Å². The number of nitrogens with zero attached hydrogens (tertiary/aromatic N) is 4. The Labute approximate surface area is 214 Å². The van der Waals surface area contributed by atoms with Crippen LogP contribution in [0.2, 0.25) is 0 Å². The number of likely N-dealkylation sites (tertiary alicyclic amines) is 1. The van der Waals surface area contributed by atoms with Crippen LogP contribution in [0.4, 0.5) is 4.79 Å². The summed E-state index contributed by atoms with van der Waals surface area (Å²) in [5.41, 5.74) is 4.54. The van der Waals surface area contributed by atoms with Crippen molar-refractivity contribution >= 4 is 11.9 Å². The van der Waals surface area contributed by atoms with E-state index >= 15 is 0 Å². The first-order valence-corrected chi connectivity index (χ1v) is 13.8. The zero-order valence-electron chi connectivity index (χ0n) is 21.4. The van der Waals surface area contributed by atoms with Gasteiger partial charge < -0.3 is 14.7 Å². The van der Waals surface area contributed by atoms with Crippen LogP contribution in [-0.2, 0) is 13.1 Å². The van der Waals surface area contributed by atoms with Gasteiger partial charge in [0, 0.05) is 57.4 Å². The molecule has 0 spiro atoms. The molecule has 0 radical (unpaired) electrons. The third kappa shape index (κ3) is 4.40. The number of benzene rings is 2. The second-order valence-electron chi connectivity index (χ2n) is 11.2. The molecule has 2 saturated heterocycles. The van der Waals surface area contributed by atoms with Crippen LogP contribution >= 0.6 is 0 Å². The third-order valence-electron chi connectivity index (χ3n) is 8.88. The van der Waals surface area contributed by atoms with E-state index in [1.165, 1.54) is 30.4 Å². The first-order valence-electron chi connectivity index (χ1n) is 13.8. The van der Waals surface area contributed by atoms with Crippen molar-refractivity contribution in [3.63, 3.8) is 0 Å². The largest absolute Gasteiger partial charge is 0.337 e. The monoisotopic (exact) mass is 486 g/mol. The molecule has 0 N–H and O–H groups in total. The van der Waals surface area contributed by atoms with Crippen LogP contribution in [-0.4, -0.2) is 70.3 Å². The molecule has 6 nitrogen and oxygen atoms in total. The van der Waals surface area contributed by atoms with E-state index in [-0.39, 0.29) is 18.0 Å². The fraction of sp³-hybridized carbons (Fsp3) is 0.533. The summed E-state index contributed by atoms with van der Waals surface area (Å²) in [6, 6.07) is 18.1. The molecule has 190 valence electrons. The molecule has 0 unspecified atom stereocenters. The Morgan fingerprint density at radius 1 is 0.861 bits per heavy atom. The summed E-state index contributed by atoms with van der Waals surface area (Å²) >= 11 is 0. The van der Waals surface area contributed by atoms with Gasteiger partial charge in [-0.3, -0.25) is 9.69 Å². The normalized spacial score (nSPS) is 24.1. The minimum absolute atomic E-state index is 0.128. The van der Waals surface area contributed by atoms with E-state index in [0.29, 0.717) is 18.6 Å². The van der Waals surface area contributed by atoms with E-state index in [1.807, 2.05) is 13.1 Å². The number of carbonyl (C=O) groups excluding carboxylic acids is 2. The molecule has 2 aromatic carbocycles. The Kier molecular flexibility index (Phi) is 6.46. The summed E-state index contributed by atoms with van der Waals surface area (Å²) in [5.74, 6) is 0.128. The lowest BCUT2D eigenvalue weighted by Crippen LogP contribution is -2.48. The number of rotatable bonds is 5. The maximum atomic E-state index is 13.8. The van der Waals surface area contributed by atoms with Gasteiger partial charge in [-0.15, -0.1) is 0 Å². The summed E-state index contributed by atoms with van der Waals surface area (Å²) in [5, 5.41) is 0. The molecular formula is C30H38N4O2. The SMILES string of the molecule is CN1Cc2cc(CN3CCC(N4C(=O)N(C5CCCCC5)C[C@H]4c4ccccc4)CC3)ccc2C1=O. The number of hydrogen-bond acceptors (Lipinski definition) is 3. The molecule has 3 aliphatic heterocycles. The van der Waals surface area contributed by atoms with Gasteiger partial charge in [-0.1, -0.05) is 61.7 Å². The number of carbonyl (C=O) groups is 2. The summed E-state index contributed by atoms with van der Waals surface area (Å²) in [7, 11) is 1.87. The molecule has 1 atom stereocenters. The highest BCUT2D eigenvalue weighted by atomic mass is 16.2. The van der Waals surface area contributed by atoms with E-state index in [2.05, 4.69) is 57.2 Å². The minimum Gasteiger partial charge on any atom is -0.337 e. The van der Waals surface area contributed by atoms with Gasteiger partial charge in [0.05, 0.1) is 6.04 Å². The molecule has 6 rings (SSSR count). The molecule has 6 heteroatoms. The van der Waals surface area contributed by atoms with Crippen LogP contribution in [0.15, 0.2) is 48.5 Å². The van der Waals surface area contributed by atoms with Crippen molar-refractivity contribution in [2.24, 2.45) is 0 Å². The van der Waals surface area contributed by atoms with Crippen LogP contribution in [0.25, 0.3) is 0 Å². The highest BCUT2D eigenvalue weighted by Gasteiger charge is 2.45. The average Bonchev–Trinajstić information content (AvgIpc) is 3.41. The first kappa shape index (κ1) is 23.5. The molecule has 3 fully saturated rings. The van der Waals surface area contributed by atoms with Crippen molar-refractivity contribution in [1.29, 1.82) is 0 Å². The average molecular weight is 487 g/mol. The van der Waals surface area contributed by atoms with Crippen molar-refractivity contribution < 1.29 is 9.59 Å². The van der Waals surface area contributed by atoms with E-state index < -0.39 is 0 Å². The standard InChI is InChI=1S/C30H38N4O2/c1-31-20-24-18-22(12-13-27(24)29(31)35)19-32-16-14-26(15-17-32)34-28(23-8-4-2-5-9-23)21-33(30(34)36)25-10-6-3-7-11-25/h2,4-5,8-9,12-13,18,25-26,28H,3,6-7,10-11,14-17,19-21H2,1H3/t28-/m0/s1. The Bertz CT molecular complexity index is 1110. The molecular weight excluding hydrogens is 448 g/mol. The maximum absolute atomic E-state index is 13.8. The molecule has 36 heavy (non-hydrogen) atoms. The zero-order chi connectivity index (χ0) is 24.6. The smallest absolute Gasteiger partial charge is 0.321 e. The van der Waals surface area contributed by atoms with Crippen LogP contribution in [0, 0.1) is 0 Å². The number of piperidine rings is 1. The van der Waals surface area contributed by atoms with Gasteiger partial charge in [0.25, 0.3) is 5.91 Å². The van der Waals surface area contributed by atoms with E-state index in [0.717, 1.165) is 63.0 Å². The van der Waals surface area contributed by atoms with Gasteiger partial charge in [-0.25, -0.2) is 4.79 Å². The summed E-state index contributed by atoms with van der Waals surface area (Å²) < 4.78 is 0. The quantitative estimate of drug-likeness (QED) is 0.594. The first-order chi connectivity index (χ1) is 17.6. The van der Waals surface area contributed by atoms with Gasteiger partial charge in [0.1, 0.15) is 0 Å². The van der Waals surface area contributed by atoms with Crippen LogP contribution < -0.4 is 0 Å². The molecule has 0 bridgehead atoms. The van der Waals surface area contributed by atoms with Gasteiger partial charge in [0.15, 0.2) is 0 Å². The maximum Gasteiger partial charge on any atom is 0.321 e. The van der Waals surface area contributed by atoms with Gasteiger partial charge in [-0.2, -0.15) is 0 Å². The lowest BCUT2D eigenvalue weighted by Gasteiger charge is -2.39. The van der Waals surface area contributed by atoms with Gasteiger partial charge in [-0.05, 0) is 48.4 Å². The predicted octanol–water partition coefficient (Wildman–Crippen LogP) is 5.05. The number of hydrogen-bond donors (Lipinski definition) is 0. The highest BCUT2D eigenvalue weighted by molar-refractivity contribution is 5.98. The van der Waals surface area contributed by atoms with Crippen molar-refractivity contribution in [2.45, 2.75) is 76.2 Å². The Morgan fingerprint density at radius 3 is 2.36 bits per heavy atom. The van der Waals surface area contributed by atoms with E-state index in [9.17, 15) is 9.59 Å². The Balaban J connectivity index is 1.14. The summed E-state index contributed by atoms with van der Waals surface area (Å²) in [4.78, 5) is 34.8. The lowest BCUT2D eigenvalue weighted by molar-refractivity contribution is 0.0816. The lowest BCUT2D eigenvalue weighted by atomic mass is 9.94. The van der Waals surface area contributed by atoms with Crippen molar-refractivity contribution in [3.8, 4) is 0 Å². The van der Waals surface area contributed by atoms with Crippen LogP contribution in [0.5, 0.6) is 0 Å². The highest BCUT2D eigenvalue weighted by Crippen LogP contribution is 2.38. The number of urea groups is 1. The van der Waals surface area contributed by atoms with Gasteiger partial charge in [0.2, 0.25) is 0 Å². The fourth-order valence-corrected chi connectivity index (χ4v) is 6.92. The number of fused-ring (bicyclic) bond motifs is 1. The molecule has 1 saturated carbocycles. The van der Waals surface area contributed by atoms with Gasteiger partial charge >= 0.3 is 6.03 Å². The molecule has 3 heterocycles.